The maximum Gasteiger partial charge on any atom is 0.180 e. The van der Waals surface area contributed by atoms with E-state index in [1.54, 1.807) is 0 Å². The molecular formula is C16H21ClO2S. The number of benzene rings is 1. The first-order chi connectivity index (χ1) is 9.47. The predicted molar refractivity (Wildman–Crippen MR) is 85.6 cm³/mol. The van der Waals surface area contributed by atoms with E-state index in [1.807, 2.05) is 6.07 Å². The fraction of sp³-hybridized carbons (Fsp3) is 0.625. The first kappa shape index (κ1) is 14.4. The highest BCUT2D eigenvalue weighted by Crippen LogP contribution is 2.49. The average molecular weight is 313 g/mol. The first-order valence-electron chi connectivity index (χ1n) is 7.27. The van der Waals surface area contributed by atoms with E-state index < -0.39 is 0 Å². The molecule has 1 aromatic rings. The van der Waals surface area contributed by atoms with Gasteiger partial charge >= 0.3 is 0 Å². The normalized spacial score (nSPS) is 22.1. The van der Waals surface area contributed by atoms with Crippen molar-refractivity contribution < 1.29 is 9.47 Å². The predicted octanol–water partition coefficient (Wildman–Crippen LogP) is 4.70. The Kier molecular flexibility index (Phi) is 3.85. The Morgan fingerprint density at radius 1 is 1.35 bits per heavy atom. The Balaban J connectivity index is 1.94. The molecule has 110 valence electrons. The summed E-state index contributed by atoms with van der Waals surface area (Å²) in [6.07, 6.45) is 3.51. The average Bonchev–Trinajstić information content (AvgIpc) is 3.19. The van der Waals surface area contributed by atoms with Crippen LogP contribution < -0.4 is 9.47 Å². The molecule has 1 aliphatic carbocycles. The Labute approximate surface area is 131 Å². The second-order valence-corrected chi connectivity index (χ2v) is 7.95. The molecule has 1 saturated carbocycles. The molecule has 1 aliphatic heterocycles. The lowest BCUT2D eigenvalue weighted by Gasteiger charge is -2.35. The van der Waals surface area contributed by atoms with Crippen molar-refractivity contribution in [3.05, 3.63) is 22.7 Å². The third-order valence-electron chi connectivity index (χ3n) is 4.14. The Hall–Kier alpha value is -0.540. The zero-order chi connectivity index (χ0) is 14.3. The van der Waals surface area contributed by atoms with Crippen LogP contribution in [0.2, 0.25) is 5.02 Å². The van der Waals surface area contributed by atoms with Gasteiger partial charge in [-0.1, -0.05) is 31.5 Å². The van der Waals surface area contributed by atoms with E-state index >= 15 is 0 Å². The Morgan fingerprint density at radius 3 is 2.75 bits per heavy atom. The Bertz CT molecular complexity index is 506. The van der Waals surface area contributed by atoms with Gasteiger partial charge in [0, 0.05) is 16.2 Å². The highest BCUT2D eigenvalue weighted by molar-refractivity contribution is 7.81. The summed E-state index contributed by atoms with van der Waals surface area (Å²) in [5, 5.41) is 0.641. The van der Waals surface area contributed by atoms with E-state index in [2.05, 4.69) is 19.9 Å². The molecule has 0 N–H and O–H groups in total. The smallest absolute Gasteiger partial charge is 0.180 e. The number of hydrogen-bond donors (Lipinski definition) is 1. The molecule has 0 saturated heterocycles. The van der Waals surface area contributed by atoms with Crippen molar-refractivity contribution in [2.75, 3.05) is 13.2 Å². The van der Waals surface area contributed by atoms with Crippen molar-refractivity contribution in [1.82, 2.24) is 0 Å². The molecule has 0 aromatic heterocycles. The summed E-state index contributed by atoms with van der Waals surface area (Å²) in [4.78, 5) is 0. The van der Waals surface area contributed by atoms with Crippen LogP contribution in [0.25, 0.3) is 0 Å². The third kappa shape index (κ3) is 2.89. The van der Waals surface area contributed by atoms with Gasteiger partial charge in [-0.25, -0.2) is 0 Å². The fourth-order valence-electron chi connectivity index (χ4n) is 2.77. The second kappa shape index (κ2) is 5.34. The SMILES string of the molecule is CC(C)(S)[C@@H]1CCOc2c1ccc(Cl)c2OCC1CC1. The number of thiol groups is 1. The van der Waals surface area contributed by atoms with Gasteiger partial charge in [-0.15, -0.1) is 0 Å². The summed E-state index contributed by atoms with van der Waals surface area (Å²) >= 11 is 11.1. The molecule has 1 heterocycles. The van der Waals surface area contributed by atoms with Crippen LogP contribution >= 0.6 is 24.2 Å². The maximum atomic E-state index is 6.30. The van der Waals surface area contributed by atoms with Crippen LogP contribution in [0.15, 0.2) is 12.1 Å². The van der Waals surface area contributed by atoms with E-state index in [4.69, 9.17) is 33.7 Å². The summed E-state index contributed by atoms with van der Waals surface area (Å²) in [6.45, 7) is 5.74. The van der Waals surface area contributed by atoms with E-state index in [-0.39, 0.29) is 4.75 Å². The molecule has 4 heteroatoms. The van der Waals surface area contributed by atoms with Gasteiger partial charge in [0.15, 0.2) is 11.5 Å². The summed E-state index contributed by atoms with van der Waals surface area (Å²) in [5.74, 6) is 2.60. The fourth-order valence-corrected chi connectivity index (χ4v) is 3.24. The van der Waals surface area contributed by atoms with Crippen molar-refractivity contribution in [3.8, 4) is 11.5 Å². The minimum absolute atomic E-state index is 0.0832. The zero-order valence-electron chi connectivity index (χ0n) is 12.0. The molecule has 0 radical (unpaired) electrons. The Morgan fingerprint density at radius 2 is 2.10 bits per heavy atom. The van der Waals surface area contributed by atoms with Gasteiger partial charge in [0.2, 0.25) is 0 Å². The minimum atomic E-state index is -0.0832. The van der Waals surface area contributed by atoms with Crippen molar-refractivity contribution in [1.29, 1.82) is 0 Å². The highest BCUT2D eigenvalue weighted by Gasteiger charge is 2.34. The lowest BCUT2D eigenvalue weighted by Crippen LogP contribution is -2.28. The van der Waals surface area contributed by atoms with Crippen LogP contribution in [0.3, 0.4) is 0 Å². The van der Waals surface area contributed by atoms with Crippen LogP contribution in [0.5, 0.6) is 11.5 Å². The number of ether oxygens (including phenoxy) is 2. The molecule has 2 aliphatic rings. The number of halogens is 1. The van der Waals surface area contributed by atoms with Crippen molar-refractivity contribution in [2.24, 2.45) is 5.92 Å². The van der Waals surface area contributed by atoms with Crippen molar-refractivity contribution >= 4 is 24.2 Å². The van der Waals surface area contributed by atoms with Gasteiger partial charge < -0.3 is 9.47 Å². The third-order valence-corrected chi connectivity index (χ3v) is 4.75. The van der Waals surface area contributed by atoms with Gasteiger partial charge in [0.1, 0.15) is 0 Å². The summed E-state index contributed by atoms with van der Waals surface area (Å²) in [7, 11) is 0. The summed E-state index contributed by atoms with van der Waals surface area (Å²) in [5.41, 5.74) is 1.17. The molecular weight excluding hydrogens is 292 g/mol. The first-order valence-corrected chi connectivity index (χ1v) is 8.09. The standard InChI is InChI=1S/C16H21ClO2S/c1-16(2,20)12-7-8-18-14-11(12)5-6-13(17)15(14)19-9-10-3-4-10/h5-6,10,12,20H,3-4,7-9H2,1-2H3/t12-/m1/s1. The van der Waals surface area contributed by atoms with Gasteiger partial charge in [0.05, 0.1) is 18.2 Å². The van der Waals surface area contributed by atoms with E-state index in [1.165, 1.54) is 18.4 Å². The molecule has 3 rings (SSSR count). The molecule has 1 aromatic carbocycles. The van der Waals surface area contributed by atoms with Gasteiger partial charge in [0.25, 0.3) is 0 Å². The lowest BCUT2D eigenvalue weighted by atomic mass is 9.83. The van der Waals surface area contributed by atoms with Crippen LogP contribution in [0, 0.1) is 5.92 Å². The molecule has 1 atom stereocenters. The molecule has 1 fully saturated rings. The number of hydrogen-bond acceptors (Lipinski definition) is 3. The summed E-state index contributed by atoms with van der Waals surface area (Å²) < 4.78 is 11.7. The molecule has 0 unspecified atom stereocenters. The number of rotatable bonds is 4. The van der Waals surface area contributed by atoms with Crippen LogP contribution in [0.1, 0.15) is 44.6 Å². The van der Waals surface area contributed by atoms with Gasteiger partial charge in [-0.2, -0.15) is 12.6 Å². The van der Waals surface area contributed by atoms with Crippen LogP contribution in [-0.2, 0) is 0 Å². The largest absolute Gasteiger partial charge is 0.489 e. The van der Waals surface area contributed by atoms with E-state index in [0.717, 1.165) is 24.5 Å². The number of fused-ring (bicyclic) bond motifs is 1. The van der Waals surface area contributed by atoms with E-state index in [9.17, 15) is 0 Å². The topological polar surface area (TPSA) is 18.5 Å². The highest BCUT2D eigenvalue weighted by atomic mass is 35.5. The zero-order valence-corrected chi connectivity index (χ0v) is 13.6. The van der Waals surface area contributed by atoms with Crippen LogP contribution in [-0.4, -0.2) is 18.0 Å². The summed E-state index contributed by atoms with van der Waals surface area (Å²) in [6, 6.07) is 3.98. The second-order valence-electron chi connectivity index (χ2n) is 6.39. The molecule has 2 nitrogen and oxygen atoms in total. The van der Waals surface area contributed by atoms with Crippen molar-refractivity contribution in [3.63, 3.8) is 0 Å². The quantitative estimate of drug-likeness (QED) is 0.812. The molecule has 0 bridgehead atoms. The van der Waals surface area contributed by atoms with Crippen molar-refractivity contribution in [2.45, 2.75) is 43.8 Å². The minimum Gasteiger partial charge on any atom is -0.489 e. The van der Waals surface area contributed by atoms with Gasteiger partial charge in [-0.3, -0.25) is 0 Å². The van der Waals surface area contributed by atoms with Crippen LogP contribution in [0.4, 0.5) is 0 Å². The molecule has 0 spiro atoms. The monoisotopic (exact) mass is 312 g/mol. The van der Waals surface area contributed by atoms with Gasteiger partial charge in [-0.05, 0) is 31.2 Å². The maximum absolute atomic E-state index is 6.30. The lowest BCUT2D eigenvalue weighted by molar-refractivity contribution is 0.226. The van der Waals surface area contributed by atoms with E-state index in [0.29, 0.717) is 23.5 Å². The molecule has 0 amide bonds. The molecule has 20 heavy (non-hydrogen) atoms.